The number of nitrogens with zero attached hydrogens (tertiary/aromatic N) is 3. The summed E-state index contributed by atoms with van der Waals surface area (Å²) in [6.07, 6.45) is -4.11. The number of hydrogen-bond donors (Lipinski definition) is 1. The smallest absolute Gasteiger partial charge is 0.379 e. The van der Waals surface area contributed by atoms with Crippen LogP contribution in [-0.2, 0) is 34.2 Å². The van der Waals surface area contributed by atoms with E-state index >= 15 is 0 Å². The van der Waals surface area contributed by atoms with Gasteiger partial charge in [0.05, 0.1) is 23.0 Å². The summed E-state index contributed by atoms with van der Waals surface area (Å²) in [6.45, 7) is 3.64. The van der Waals surface area contributed by atoms with Gasteiger partial charge in [0, 0.05) is 38.4 Å². The number of benzene rings is 2. The second kappa shape index (κ2) is 10.4. The van der Waals surface area contributed by atoms with Crippen molar-refractivity contribution in [2.24, 2.45) is 7.05 Å². The molecule has 0 spiro atoms. The van der Waals surface area contributed by atoms with Crippen LogP contribution in [0.2, 0.25) is 0 Å². The molecule has 1 saturated heterocycles. The molecule has 0 saturated carbocycles. The van der Waals surface area contributed by atoms with E-state index in [0.29, 0.717) is 37.8 Å². The quantitative estimate of drug-likeness (QED) is 0.511. The van der Waals surface area contributed by atoms with Crippen molar-refractivity contribution in [3.05, 3.63) is 71.5 Å². The van der Waals surface area contributed by atoms with E-state index in [0.717, 1.165) is 17.8 Å². The molecule has 0 radical (unpaired) electrons. The zero-order valence-electron chi connectivity index (χ0n) is 19.5. The summed E-state index contributed by atoms with van der Waals surface area (Å²) in [5.74, 6) is -0.801. The Hall–Kier alpha value is -3.22. The molecule has 36 heavy (non-hydrogen) atoms. The molecule has 1 amide bonds. The maximum atomic E-state index is 13.4. The number of amides is 1. The van der Waals surface area contributed by atoms with E-state index in [4.69, 9.17) is 4.74 Å². The minimum absolute atomic E-state index is 0.0409. The summed E-state index contributed by atoms with van der Waals surface area (Å²) in [6, 6.07) is 13.0. The molecule has 0 unspecified atom stereocenters. The van der Waals surface area contributed by atoms with Crippen molar-refractivity contribution in [2.45, 2.75) is 22.4 Å². The van der Waals surface area contributed by atoms with Crippen molar-refractivity contribution in [1.82, 2.24) is 14.7 Å². The Bertz CT molecular complexity index is 1330. The van der Waals surface area contributed by atoms with Gasteiger partial charge in [-0.25, -0.2) is 8.42 Å². The molecule has 1 aliphatic rings. The third-order valence-corrected chi connectivity index (χ3v) is 7.76. The van der Waals surface area contributed by atoms with Crippen LogP contribution in [-0.4, -0.2) is 61.9 Å². The van der Waals surface area contributed by atoms with Gasteiger partial charge in [-0.15, -0.1) is 0 Å². The molecule has 2 heterocycles. The van der Waals surface area contributed by atoms with E-state index in [-0.39, 0.29) is 21.2 Å². The predicted molar refractivity (Wildman–Crippen MR) is 125 cm³/mol. The van der Waals surface area contributed by atoms with Crippen LogP contribution in [0.5, 0.6) is 0 Å². The highest BCUT2D eigenvalue weighted by atomic mass is 32.2. The van der Waals surface area contributed by atoms with Crippen molar-refractivity contribution in [3.63, 3.8) is 0 Å². The summed E-state index contributed by atoms with van der Waals surface area (Å²) < 4.78 is 71.5. The van der Waals surface area contributed by atoms with E-state index in [1.165, 1.54) is 31.3 Å². The minimum atomic E-state index is -4.68. The Labute approximate surface area is 206 Å². The van der Waals surface area contributed by atoms with Gasteiger partial charge in [-0.3, -0.25) is 14.4 Å². The molecule has 0 atom stereocenters. The largest absolute Gasteiger partial charge is 0.435 e. The lowest BCUT2D eigenvalue weighted by Crippen LogP contribution is -2.37. The van der Waals surface area contributed by atoms with Crippen molar-refractivity contribution >= 4 is 21.4 Å². The van der Waals surface area contributed by atoms with E-state index in [2.05, 4.69) is 15.3 Å². The van der Waals surface area contributed by atoms with Gasteiger partial charge in [-0.1, -0.05) is 18.2 Å². The number of morpholine rings is 1. The standard InChI is InChI=1S/C24H25F3N4O4S/c1-30-20(16-22(29-30)24(25,26)27)23(32)28-18-6-8-19(9-7-18)36(33,34)21-5-3-2-4-17(21)10-11-31-12-14-35-15-13-31/h2-9,16H,10-15H2,1H3,(H,28,32). The zero-order valence-corrected chi connectivity index (χ0v) is 20.3. The van der Waals surface area contributed by atoms with Crippen LogP contribution in [0.3, 0.4) is 0 Å². The van der Waals surface area contributed by atoms with E-state index in [1.54, 1.807) is 24.3 Å². The van der Waals surface area contributed by atoms with Gasteiger partial charge in [0.2, 0.25) is 9.84 Å². The van der Waals surface area contributed by atoms with Crippen molar-refractivity contribution < 1.29 is 31.1 Å². The maximum absolute atomic E-state index is 13.4. The average molecular weight is 523 g/mol. The minimum Gasteiger partial charge on any atom is -0.379 e. The van der Waals surface area contributed by atoms with Crippen molar-refractivity contribution in [3.8, 4) is 0 Å². The maximum Gasteiger partial charge on any atom is 0.435 e. The fourth-order valence-corrected chi connectivity index (χ4v) is 5.45. The number of nitrogens with one attached hydrogen (secondary N) is 1. The van der Waals surface area contributed by atoms with E-state index in [9.17, 15) is 26.4 Å². The second-order valence-electron chi connectivity index (χ2n) is 8.33. The Kier molecular flexibility index (Phi) is 7.48. The monoisotopic (exact) mass is 522 g/mol. The van der Waals surface area contributed by atoms with E-state index in [1.807, 2.05) is 0 Å². The van der Waals surface area contributed by atoms with Gasteiger partial charge < -0.3 is 10.1 Å². The van der Waals surface area contributed by atoms with Crippen LogP contribution in [0.4, 0.5) is 18.9 Å². The first-order valence-corrected chi connectivity index (χ1v) is 12.7. The average Bonchev–Trinajstić information content (AvgIpc) is 3.26. The number of alkyl halides is 3. The normalized spacial score (nSPS) is 15.1. The number of halogens is 3. The first-order valence-electron chi connectivity index (χ1n) is 11.2. The lowest BCUT2D eigenvalue weighted by molar-refractivity contribution is -0.141. The first-order chi connectivity index (χ1) is 17.1. The number of anilines is 1. The summed E-state index contributed by atoms with van der Waals surface area (Å²) in [7, 11) is -2.60. The molecule has 3 aromatic rings. The third kappa shape index (κ3) is 5.77. The van der Waals surface area contributed by atoms with Gasteiger partial charge in [-0.05, 0) is 42.3 Å². The van der Waals surface area contributed by atoms with Crippen LogP contribution >= 0.6 is 0 Å². The number of ether oxygens (including phenoxy) is 1. The van der Waals surface area contributed by atoms with Gasteiger partial charge in [0.25, 0.3) is 5.91 Å². The van der Waals surface area contributed by atoms with E-state index < -0.39 is 27.6 Å². The summed E-state index contributed by atoms with van der Waals surface area (Å²) in [4.78, 5) is 14.9. The lowest BCUT2D eigenvalue weighted by atomic mass is 10.1. The van der Waals surface area contributed by atoms with Gasteiger partial charge in [-0.2, -0.15) is 18.3 Å². The number of sulfone groups is 1. The fourth-order valence-electron chi connectivity index (χ4n) is 3.93. The Morgan fingerprint density at radius 1 is 1.08 bits per heavy atom. The molecule has 2 aromatic carbocycles. The van der Waals surface area contributed by atoms with Crippen LogP contribution < -0.4 is 5.32 Å². The fraction of sp³-hybridized carbons (Fsp3) is 0.333. The Morgan fingerprint density at radius 3 is 2.39 bits per heavy atom. The molecule has 8 nitrogen and oxygen atoms in total. The molecular weight excluding hydrogens is 497 g/mol. The topological polar surface area (TPSA) is 93.5 Å². The van der Waals surface area contributed by atoms with Gasteiger partial charge in [0.15, 0.2) is 5.69 Å². The first kappa shape index (κ1) is 25.9. The van der Waals surface area contributed by atoms with Gasteiger partial charge >= 0.3 is 6.18 Å². The molecule has 1 N–H and O–H groups in total. The van der Waals surface area contributed by atoms with Crippen molar-refractivity contribution in [1.29, 1.82) is 0 Å². The highest BCUT2D eigenvalue weighted by Crippen LogP contribution is 2.29. The molecule has 1 fully saturated rings. The highest BCUT2D eigenvalue weighted by Gasteiger charge is 2.35. The van der Waals surface area contributed by atoms with Crippen molar-refractivity contribution in [2.75, 3.05) is 38.2 Å². The third-order valence-electron chi connectivity index (χ3n) is 5.89. The van der Waals surface area contributed by atoms with Crippen LogP contribution in [0.1, 0.15) is 21.7 Å². The second-order valence-corrected chi connectivity index (χ2v) is 10.2. The summed E-state index contributed by atoms with van der Waals surface area (Å²) >= 11 is 0. The lowest BCUT2D eigenvalue weighted by Gasteiger charge is -2.26. The van der Waals surface area contributed by atoms with Crippen LogP contribution in [0.15, 0.2) is 64.4 Å². The summed E-state index contributed by atoms with van der Waals surface area (Å²) in [5.41, 5.74) is -0.524. The number of hydrogen-bond acceptors (Lipinski definition) is 6. The molecule has 0 bridgehead atoms. The van der Waals surface area contributed by atoms with Crippen LogP contribution in [0, 0.1) is 0 Å². The zero-order chi connectivity index (χ0) is 25.9. The number of aromatic nitrogens is 2. The number of rotatable bonds is 7. The molecular formula is C24H25F3N4O4S. The highest BCUT2D eigenvalue weighted by molar-refractivity contribution is 7.91. The SMILES string of the molecule is Cn1nc(C(F)(F)F)cc1C(=O)Nc1ccc(S(=O)(=O)c2ccccc2CCN2CCOCC2)cc1. The molecule has 4 rings (SSSR count). The van der Waals surface area contributed by atoms with Gasteiger partial charge in [0.1, 0.15) is 5.69 Å². The predicted octanol–water partition coefficient (Wildman–Crippen LogP) is 3.40. The molecule has 0 aliphatic carbocycles. The van der Waals surface area contributed by atoms with Crippen LogP contribution in [0.25, 0.3) is 0 Å². The Morgan fingerprint density at radius 2 is 1.75 bits per heavy atom. The number of aryl methyl sites for hydroxylation is 1. The molecule has 1 aromatic heterocycles. The molecule has 1 aliphatic heterocycles. The summed E-state index contributed by atoms with van der Waals surface area (Å²) in [5, 5.41) is 5.79. The Balaban J connectivity index is 1.49. The molecule has 12 heteroatoms. The number of carbonyl (C=O) groups excluding carboxylic acids is 1. The number of carbonyl (C=O) groups is 1. The molecule has 192 valence electrons.